The molecule has 3 rings (SSSR count). The minimum absolute atomic E-state index is 0.211. The average molecular weight is 204 g/mol. The highest BCUT2D eigenvalue weighted by Gasteiger charge is 2.42. The first-order chi connectivity index (χ1) is 7.23. The van der Waals surface area contributed by atoms with E-state index in [1.807, 2.05) is 10.6 Å². The molecular weight excluding hydrogens is 192 g/mol. The second-order valence-corrected chi connectivity index (χ2v) is 3.96. The normalized spacial score (nSPS) is 18.0. The number of imidazole rings is 1. The zero-order valence-electron chi connectivity index (χ0n) is 8.47. The van der Waals surface area contributed by atoms with Gasteiger partial charge in [-0.25, -0.2) is 4.98 Å². The molecule has 1 fully saturated rings. The van der Waals surface area contributed by atoms with Gasteiger partial charge in [-0.3, -0.25) is 9.38 Å². The van der Waals surface area contributed by atoms with E-state index in [-0.39, 0.29) is 5.54 Å². The largest absolute Gasteiger partial charge is 0.481 e. The summed E-state index contributed by atoms with van der Waals surface area (Å²) in [6.07, 6.45) is 7.31. The van der Waals surface area contributed by atoms with Crippen LogP contribution < -0.4 is 10.5 Å². The van der Waals surface area contributed by atoms with Gasteiger partial charge in [0.05, 0.1) is 30.7 Å². The fourth-order valence-electron chi connectivity index (χ4n) is 1.67. The molecule has 0 unspecified atom stereocenters. The number of aromatic nitrogens is 3. The van der Waals surface area contributed by atoms with Gasteiger partial charge < -0.3 is 10.5 Å². The van der Waals surface area contributed by atoms with Crippen molar-refractivity contribution in [3.63, 3.8) is 0 Å². The molecule has 15 heavy (non-hydrogen) atoms. The summed E-state index contributed by atoms with van der Waals surface area (Å²) < 4.78 is 7.06. The molecule has 1 aliphatic carbocycles. The van der Waals surface area contributed by atoms with E-state index in [9.17, 15) is 0 Å². The van der Waals surface area contributed by atoms with Crippen LogP contribution in [-0.4, -0.2) is 21.5 Å². The lowest BCUT2D eigenvalue weighted by Crippen LogP contribution is -2.18. The third kappa shape index (κ3) is 1.20. The van der Waals surface area contributed by atoms with Gasteiger partial charge in [0, 0.05) is 6.20 Å². The first-order valence-electron chi connectivity index (χ1n) is 4.89. The second kappa shape index (κ2) is 2.70. The Labute approximate surface area is 86.9 Å². The van der Waals surface area contributed by atoms with Crippen LogP contribution in [0.2, 0.25) is 0 Å². The van der Waals surface area contributed by atoms with Crippen molar-refractivity contribution >= 4 is 5.65 Å². The monoisotopic (exact) mass is 204 g/mol. The summed E-state index contributed by atoms with van der Waals surface area (Å²) in [6, 6.07) is 0. The molecular formula is C10H12N4O. The summed E-state index contributed by atoms with van der Waals surface area (Å²) in [5.74, 6) is 0.676. The maximum Gasteiger partial charge on any atom is 0.218 e. The standard InChI is InChI=1S/C10H12N4O/c1-15-9-5-12-4-8-13-7(6-14(8)9)10(11)2-3-10/h4-6H,2-3,11H2,1H3. The summed E-state index contributed by atoms with van der Waals surface area (Å²) in [4.78, 5) is 8.50. The molecule has 78 valence electrons. The Morgan fingerprint density at radius 3 is 2.93 bits per heavy atom. The van der Waals surface area contributed by atoms with Crippen molar-refractivity contribution in [1.29, 1.82) is 0 Å². The highest BCUT2D eigenvalue weighted by Crippen LogP contribution is 2.42. The van der Waals surface area contributed by atoms with E-state index >= 15 is 0 Å². The molecule has 1 saturated carbocycles. The quantitative estimate of drug-likeness (QED) is 0.781. The van der Waals surface area contributed by atoms with Crippen molar-refractivity contribution in [2.24, 2.45) is 5.73 Å². The summed E-state index contributed by atoms with van der Waals surface area (Å²) in [7, 11) is 1.62. The fourth-order valence-corrected chi connectivity index (χ4v) is 1.67. The zero-order valence-corrected chi connectivity index (χ0v) is 8.47. The van der Waals surface area contributed by atoms with Gasteiger partial charge in [0.1, 0.15) is 0 Å². The lowest BCUT2D eigenvalue weighted by atomic mass is 10.2. The van der Waals surface area contributed by atoms with Crippen molar-refractivity contribution in [2.75, 3.05) is 7.11 Å². The van der Waals surface area contributed by atoms with E-state index in [0.29, 0.717) is 5.88 Å². The first-order valence-corrected chi connectivity index (χ1v) is 4.89. The molecule has 5 nitrogen and oxygen atoms in total. The van der Waals surface area contributed by atoms with Crippen LogP contribution in [0.4, 0.5) is 0 Å². The smallest absolute Gasteiger partial charge is 0.218 e. The van der Waals surface area contributed by atoms with Gasteiger partial charge >= 0.3 is 0 Å². The number of hydrogen-bond acceptors (Lipinski definition) is 4. The average Bonchev–Trinajstić information content (AvgIpc) is 2.84. The SMILES string of the molecule is COc1cncc2nc(C3(N)CC3)cn12. The van der Waals surface area contributed by atoms with Crippen LogP contribution in [0.5, 0.6) is 5.88 Å². The molecule has 1 aliphatic rings. The number of hydrogen-bond donors (Lipinski definition) is 1. The molecule has 0 aromatic carbocycles. The highest BCUT2D eigenvalue weighted by molar-refractivity contribution is 5.43. The Balaban J connectivity index is 2.21. The molecule has 0 saturated heterocycles. The minimum atomic E-state index is -0.211. The van der Waals surface area contributed by atoms with E-state index in [1.54, 1.807) is 19.5 Å². The molecule has 0 bridgehead atoms. The second-order valence-electron chi connectivity index (χ2n) is 3.96. The molecule has 0 atom stereocenters. The number of ether oxygens (including phenoxy) is 1. The number of nitrogens with zero attached hydrogens (tertiary/aromatic N) is 3. The number of methoxy groups -OCH3 is 1. The highest BCUT2D eigenvalue weighted by atomic mass is 16.5. The molecule has 0 radical (unpaired) electrons. The van der Waals surface area contributed by atoms with Crippen LogP contribution in [0, 0.1) is 0 Å². The summed E-state index contributed by atoms with van der Waals surface area (Å²) in [6.45, 7) is 0. The van der Waals surface area contributed by atoms with Crippen molar-refractivity contribution in [3.05, 3.63) is 24.3 Å². The van der Waals surface area contributed by atoms with Crippen LogP contribution in [0.15, 0.2) is 18.6 Å². The van der Waals surface area contributed by atoms with Crippen LogP contribution in [0.3, 0.4) is 0 Å². The maximum atomic E-state index is 6.09. The number of nitrogens with two attached hydrogens (primary N) is 1. The molecule has 2 heterocycles. The molecule has 0 amide bonds. The Kier molecular flexibility index (Phi) is 1.56. The van der Waals surface area contributed by atoms with Crippen LogP contribution in [-0.2, 0) is 5.54 Å². The third-order valence-electron chi connectivity index (χ3n) is 2.85. The Hall–Kier alpha value is -1.62. The topological polar surface area (TPSA) is 65.4 Å². The van der Waals surface area contributed by atoms with Gasteiger partial charge in [-0.05, 0) is 12.8 Å². The van der Waals surface area contributed by atoms with E-state index < -0.39 is 0 Å². The Morgan fingerprint density at radius 1 is 1.47 bits per heavy atom. The summed E-state index contributed by atoms with van der Waals surface area (Å²) in [5, 5.41) is 0. The molecule has 2 aromatic rings. The van der Waals surface area contributed by atoms with Crippen molar-refractivity contribution in [3.8, 4) is 5.88 Å². The fraction of sp³-hybridized carbons (Fsp3) is 0.400. The molecule has 5 heteroatoms. The Morgan fingerprint density at radius 2 is 2.27 bits per heavy atom. The van der Waals surface area contributed by atoms with E-state index in [0.717, 1.165) is 24.2 Å². The number of rotatable bonds is 2. The van der Waals surface area contributed by atoms with E-state index in [1.165, 1.54) is 0 Å². The van der Waals surface area contributed by atoms with Gasteiger partial charge in [0.2, 0.25) is 5.88 Å². The van der Waals surface area contributed by atoms with Gasteiger partial charge in [-0.2, -0.15) is 0 Å². The van der Waals surface area contributed by atoms with Gasteiger partial charge in [-0.1, -0.05) is 0 Å². The van der Waals surface area contributed by atoms with E-state index in [2.05, 4.69) is 9.97 Å². The van der Waals surface area contributed by atoms with Crippen LogP contribution in [0.25, 0.3) is 5.65 Å². The van der Waals surface area contributed by atoms with Gasteiger partial charge in [0.25, 0.3) is 0 Å². The minimum Gasteiger partial charge on any atom is -0.481 e. The van der Waals surface area contributed by atoms with Crippen LogP contribution in [0.1, 0.15) is 18.5 Å². The molecule has 0 spiro atoms. The zero-order chi connectivity index (χ0) is 10.5. The Bertz CT molecular complexity index is 515. The lowest BCUT2D eigenvalue weighted by molar-refractivity contribution is 0.390. The lowest BCUT2D eigenvalue weighted by Gasteiger charge is -2.02. The van der Waals surface area contributed by atoms with E-state index in [4.69, 9.17) is 10.5 Å². The predicted molar refractivity (Wildman–Crippen MR) is 54.6 cm³/mol. The van der Waals surface area contributed by atoms with Gasteiger partial charge in [-0.15, -0.1) is 0 Å². The summed E-state index contributed by atoms with van der Waals surface area (Å²) in [5.41, 5.74) is 7.58. The van der Waals surface area contributed by atoms with Gasteiger partial charge in [0.15, 0.2) is 5.65 Å². The van der Waals surface area contributed by atoms with Crippen molar-refractivity contribution < 1.29 is 4.74 Å². The molecule has 0 aliphatic heterocycles. The third-order valence-corrected chi connectivity index (χ3v) is 2.85. The first kappa shape index (κ1) is 8.67. The molecule has 2 aromatic heterocycles. The predicted octanol–water partition coefficient (Wildman–Crippen LogP) is 0.686. The van der Waals surface area contributed by atoms with Crippen molar-refractivity contribution in [2.45, 2.75) is 18.4 Å². The van der Waals surface area contributed by atoms with Crippen molar-refractivity contribution in [1.82, 2.24) is 14.4 Å². The van der Waals surface area contributed by atoms with Crippen LogP contribution >= 0.6 is 0 Å². The maximum absolute atomic E-state index is 6.09. The number of fused-ring (bicyclic) bond motifs is 1. The summed E-state index contributed by atoms with van der Waals surface area (Å²) >= 11 is 0. The molecule has 2 N–H and O–H groups in total.